The Labute approximate surface area is 103 Å². The van der Waals surface area contributed by atoms with E-state index in [-0.39, 0.29) is 5.57 Å². The Balaban J connectivity index is 2.72. The van der Waals surface area contributed by atoms with Crippen molar-refractivity contribution >= 4 is 33.0 Å². The molecule has 0 aliphatic heterocycles. The molecule has 17 heavy (non-hydrogen) atoms. The van der Waals surface area contributed by atoms with Crippen molar-refractivity contribution in [2.45, 2.75) is 6.92 Å². The zero-order valence-electron chi connectivity index (χ0n) is 9.56. The molecule has 1 N–H and O–H groups in total. The van der Waals surface area contributed by atoms with Crippen LogP contribution in [-0.4, -0.2) is 18.2 Å². The minimum absolute atomic E-state index is 0.197. The van der Waals surface area contributed by atoms with Gasteiger partial charge in [-0.25, -0.2) is 4.79 Å². The minimum Gasteiger partial charge on any atom is -0.503 e. The predicted octanol–water partition coefficient (Wildman–Crippen LogP) is 3.28. The lowest BCUT2D eigenvalue weighted by Crippen LogP contribution is -2.00. The number of thiophene rings is 1. The Bertz CT molecular complexity index is 596. The van der Waals surface area contributed by atoms with Crippen LogP contribution in [0.3, 0.4) is 0 Å². The first-order valence-corrected chi connectivity index (χ1v) is 5.91. The van der Waals surface area contributed by atoms with Crippen LogP contribution in [-0.2, 0) is 9.53 Å². The fourth-order valence-electron chi connectivity index (χ4n) is 1.84. The summed E-state index contributed by atoms with van der Waals surface area (Å²) in [5, 5.41) is 10.2. The van der Waals surface area contributed by atoms with E-state index in [0.29, 0.717) is 0 Å². The summed E-state index contributed by atoms with van der Waals surface area (Å²) in [7, 11) is 1.45. The SMILES string of the molecule is COC=C(C(=O)O)c1c(C)sc2ccccc12. The largest absolute Gasteiger partial charge is 0.503 e. The Kier molecular flexibility index (Phi) is 3.15. The molecule has 0 aliphatic rings. The van der Waals surface area contributed by atoms with Gasteiger partial charge in [0.25, 0.3) is 0 Å². The van der Waals surface area contributed by atoms with Crippen molar-refractivity contribution in [1.29, 1.82) is 0 Å². The van der Waals surface area contributed by atoms with Crippen molar-refractivity contribution in [2.24, 2.45) is 0 Å². The van der Waals surface area contributed by atoms with Gasteiger partial charge in [0.2, 0.25) is 0 Å². The first-order chi connectivity index (χ1) is 8.15. The second kappa shape index (κ2) is 4.59. The average Bonchev–Trinajstić information content (AvgIpc) is 2.62. The first-order valence-electron chi connectivity index (χ1n) is 5.10. The quantitative estimate of drug-likeness (QED) is 0.669. The lowest BCUT2D eigenvalue weighted by atomic mass is 10.0. The molecule has 2 aromatic rings. The lowest BCUT2D eigenvalue weighted by molar-refractivity contribution is -0.130. The van der Waals surface area contributed by atoms with Crippen molar-refractivity contribution in [1.82, 2.24) is 0 Å². The standard InChI is InChI=1S/C13H12O3S/c1-8-12(10(7-16-2)13(14)15)9-5-3-4-6-11(9)17-8/h3-7H,1-2H3,(H,14,15). The molecule has 1 aromatic heterocycles. The van der Waals surface area contributed by atoms with Gasteiger partial charge >= 0.3 is 5.97 Å². The number of carboxylic acid groups (broad SMARTS) is 1. The number of carboxylic acids is 1. The number of aliphatic carboxylic acids is 1. The van der Waals surface area contributed by atoms with Gasteiger partial charge in [0, 0.05) is 20.5 Å². The zero-order chi connectivity index (χ0) is 12.4. The molecule has 3 nitrogen and oxygen atoms in total. The van der Waals surface area contributed by atoms with E-state index in [1.807, 2.05) is 31.2 Å². The highest BCUT2D eigenvalue weighted by molar-refractivity contribution is 7.19. The minimum atomic E-state index is -0.974. The van der Waals surface area contributed by atoms with Crippen LogP contribution < -0.4 is 0 Å². The van der Waals surface area contributed by atoms with E-state index in [0.717, 1.165) is 20.5 Å². The molecule has 0 unspecified atom stereocenters. The van der Waals surface area contributed by atoms with Gasteiger partial charge in [-0.3, -0.25) is 0 Å². The third kappa shape index (κ3) is 2.03. The summed E-state index contributed by atoms with van der Waals surface area (Å²) in [4.78, 5) is 12.2. The maximum Gasteiger partial charge on any atom is 0.339 e. The molecule has 0 radical (unpaired) electrons. The van der Waals surface area contributed by atoms with Crippen molar-refractivity contribution in [3.05, 3.63) is 41.0 Å². The summed E-state index contributed by atoms with van der Waals surface area (Å²) in [6.07, 6.45) is 1.28. The van der Waals surface area contributed by atoms with Crippen LogP contribution in [0.4, 0.5) is 0 Å². The number of methoxy groups -OCH3 is 1. The van der Waals surface area contributed by atoms with Gasteiger partial charge in [-0.1, -0.05) is 18.2 Å². The fourth-order valence-corrected chi connectivity index (χ4v) is 2.92. The lowest BCUT2D eigenvalue weighted by Gasteiger charge is -2.02. The summed E-state index contributed by atoms with van der Waals surface area (Å²) in [6.45, 7) is 1.92. The van der Waals surface area contributed by atoms with Gasteiger partial charge in [0.1, 0.15) is 5.57 Å². The summed E-state index contributed by atoms with van der Waals surface area (Å²) in [5.74, 6) is -0.974. The van der Waals surface area contributed by atoms with Gasteiger partial charge in [0.15, 0.2) is 0 Å². The predicted molar refractivity (Wildman–Crippen MR) is 69.2 cm³/mol. The molecule has 0 amide bonds. The smallest absolute Gasteiger partial charge is 0.339 e. The molecule has 2 rings (SSSR count). The maximum atomic E-state index is 11.2. The Morgan fingerprint density at radius 3 is 2.76 bits per heavy atom. The fraction of sp³-hybridized carbons (Fsp3) is 0.154. The van der Waals surface area contributed by atoms with Crippen molar-refractivity contribution < 1.29 is 14.6 Å². The van der Waals surface area contributed by atoms with Crippen LogP contribution in [0, 0.1) is 6.92 Å². The number of fused-ring (bicyclic) bond motifs is 1. The molecule has 88 valence electrons. The number of ether oxygens (including phenoxy) is 1. The Morgan fingerprint density at radius 2 is 2.12 bits per heavy atom. The first kappa shape index (κ1) is 11.7. The van der Waals surface area contributed by atoms with Gasteiger partial charge in [-0.05, 0) is 13.0 Å². The average molecular weight is 248 g/mol. The maximum absolute atomic E-state index is 11.2. The number of aryl methyl sites for hydroxylation is 1. The monoisotopic (exact) mass is 248 g/mol. The molecule has 0 aliphatic carbocycles. The number of benzene rings is 1. The van der Waals surface area contributed by atoms with E-state index < -0.39 is 5.97 Å². The molecular formula is C13H12O3S. The van der Waals surface area contributed by atoms with Gasteiger partial charge in [-0.15, -0.1) is 11.3 Å². The van der Waals surface area contributed by atoms with Crippen molar-refractivity contribution in [3.63, 3.8) is 0 Å². The van der Waals surface area contributed by atoms with E-state index in [9.17, 15) is 9.90 Å². The summed E-state index contributed by atoms with van der Waals surface area (Å²) < 4.78 is 5.94. The van der Waals surface area contributed by atoms with Crippen molar-refractivity contribution in [3.8, 4) is 0 Å². The molecular weight excluding hydrogens is 236 g/mol. The normalized spacial score (nSPS) is 11.8. The highest BCUT2D eigenvalue weighted by Gasteiger charge is 2.18. The molecule has 0 spiro atoms. The van der Waals surface area contributed by atoms with E-state index in [4.69, 9.17) is 4.74 Å². The van der Waals surface area contributed by atoms with Crippen LogP contribution in [0.15, 0.2) is 30.5 Å². The molecule has 0 saturated heterocycles. The second-order valence-electron chi connectivity index (χ2n) is 3.60. The summed E-state index contributed by atoms with van der Waals surface area (Å²) >= 11 is 1.59. The third-order valence-electron chi connectivity index (χ3n) is 2.51. The van der Waals surface area contributed by atoms with E-state index in [1.165, 1.54) is 13.4 Å². The second-order valence-corrected chi connectivity index (χ2v) is 4.86. The van der Waals surface area contributed by atoms with Gasteiger partial charge < -0.3 is 9.84 Å². The highest BCUT2D eigenvalue weighted by atomic mass is 32.1. The third-order valence-corrected chi connectivity index (χ3v) is 3.59. The molecule has 0 fully saturated rings. The summed E-state index contributed by atoms with van der Waals surface area (Å²) in [6, 6.07) is 7.77. The molecule has 0 atom stereocenters. The molecule has 1 aromatic carbocycles. The zero-order valence-corrected chi connectivity index (χ0v) is 10.4. The van der Waals surface area contributed by atoms with Crippen LogP contribution >= 0.6 is 11.3 Å². The Hall–Kier alpha value is -1.81. The van der Waals surface area contributed by atoms with Crippen LogP contribution in [0.1, 0.15) is 10.4 Å². The van der Waals surface area contributed by atoms with E-state index >= 15 is 0 Å². The van der Waals surface area contributed by atoms with Crippen LogP contribution in [0.5, 0.6) is 0 Å². The number of hydrogen-bond donors (Lipinski definition) is 1. The topological polar surface area (TPSA) is 46.5 Å². The van der Waals surface area contributed by atoms with Crippen LogP contribution in [0.2, 0.25) is 0 Å². The Morgan fingerprint density at radius 1 is 1.41 bits per heavy atom. The highest BCUT2D eigenvalue weighted by Crippen LogP contribution is 2.35. The number of carbonyl (C=O) groups is 1. The molecule has 4 heteroatoms. The number of hydrogen-bond acceptors (Lipinski definition) is 3. The summed E-state index contributed by atoms with van der Waals surface area (Å²) in [5.41, 5.74) is 0.947. The molecule has 1 heterocycles. The van der Waals surface area contributed by atoms with Gasteiger partial charge in [0.05, 0.1) is 13.4 Å². The van der Waals surface area contributed by atoms with Crippen LogP contribution in [0.25, 0.3) is 15.7 Å². The number of rotatable bonds is 3. The van der Waals surface area contributed by atoms with Gasteiger partial charge in [-0.2, -0.15) is 0 Å². The van der Waals surface area contributed by atoms with Crippen molar-refractivity contribution in [2.75, 3.05) is 7.11 Å². The van der Waals surface area contributed by atoms with E-state index in [2.05, 4.69) is 0 Å². The van der Waals surface area contributed by atoms with E-state index in [1.54, 1.807) is 11.3 Å². The molecule has 0 bridgehead atoms. The molecule has 0 saturated carbocycles.